The minimum absolute atomic E-state index is 0.203. The Hall–Kier alpha value is -0.690. The third-order valence-corrected chi connectivity index (χ3v) is 4.27. The number of Topliss-reactive ketones (excluding diaryl/α,β-unsaturated/α-hetero) is 1. The smallest absolute Gasteiger partial charge is 0.327 e. The maximum absolute atomic E-state index is 11.0. The van der Waals surface area contributed by atoms with E-state index in [9.17, 15) is 14.4 Å². The number of hydrogen-bond donors (Lipinski definition) is 2. The summed E-state index contributed by atoms with van der Waals surface area (Å²) in [5.74, 6) is -0.235. The van der Waals surface area contributed by atoms with Crippen LogP contribution in [0.2, 0.25) is 0 Å². The number of amides is 1. The van der Waals surface area contributed by atoms with Gasteiger partial charge < -0.3 is 10.4 Å². The highest BCUT2D eigenvalue weighted by Crippen LogP contribution is 2.23. The molecule has 5 nitrogen and oxygen atoms in total. The van der Waals surface area contributed by atoms with Gasteiger partial charge in [0.2, 0.25) is 5.91 Å². The van der Waals surface area contributed by atoms with Gasteiger partial charge in [0.1, 0.15) is 11.8 Å². The SMILES string of the molecule is CCC(=O)CCSSCC(NC(C)=O)C(=O)O. The predicted octanol–water partition coefficient (Wildman–Crippen LogP) is 1.33. The topological polar surface area (TPSA) is 83.5 Å². The number of carboxylic acids is 1. The Morgan fingerprint density at radius 3 is 2.41 bits per heavy atom. The van der Waals surface area contributed by atoms with Gasteiger partial charge in [-0.25, -0.2) is 4.79 Å². The first-order chi connectivity index (χ1) is 7.97. The summed E-state index contributed by atoms with van der Waals surface area (Å²) >= 11 is 0. The summed E-state index contributed by atoms with van der Waals surface area (Å²) in [5.41, 5.74) is 0. The van der Waals surface area contributed by atoms with E-state index in [1.165, 1.54) is 28.5 Å². The van der Waals surface area contributed by atoms with Gasteiger partial charge in [-0.2, -0.15) is 0 Å². The van der Waals surface area contributed by atoms with Gasteiger partial charge >= 0.3 is 5.97 Å². The number of nitrogens with one attached hydrogen (secondary N) is 1. The van der Waals surface area contributed by atoms with Crippen LogP contribution >= 0.6 is 21.6 Å². The maximum atomic E-state index is 11.0. The van der Waals surface area contributed by atoms with E-state index in [0.29, 0.717) is 24.3 Å². The molecule has 0 rings (SSSR count). The Kier molecular flexibility index (Phi) is 8.97. The van der Waals surface area contributed by atoms with Crippen molar-refractivity contribution in [1.82, 2.24) is 5.32 Å². The summed E-state index contributed by atoms with van der Waals surface area (Å²) in [6, 6.07) is -0.869. The summed E-state index contributed by atoms with van der Waals surface area (Å²) in [6.07, 6.45) is 1.04. The van der Waals surface area contributed by atoms with E-state index in [1.807, 2.05) is 6.92 Å². The van der Waals surface area contributed by atoms with Crippen molar-refractivity contribution in [3.8, 4) is 0 Å². The van der Waals surface area contributed by atoms with Crippen molar-refractivity contribution in [2.75, 3.05) is 11.5 Å². The van der Waals surface area contributed by atoms with Crippen molar-refractivity contribution >= 4 is 39.2 Å². The number of hydrogen-bond acceptors (Lipinski definition) is 5. The molecule has 0 fully saturated rings. The lowest BCUT2D eigenvalue weighted by Crippen LogP contribution is -2.41. The van der Waals surface area contributed by atoms with Crippen molar-refractivity contribution in [3.05, 3.63) is 0 Å². The van der Waals surface area contributed by atoms with Crippen molar-refractivity contribution < 1.29 is 19.5 Å². The van der Waals surface area contributed by atoms with Crippen LogP contribution < -0.4 is 5.32 Å². The Balaban J connectivity index is 3.72. The van der Waals surface area contributed by atoms with Crippen molar-refractivity contribution in [2.24, 2.45) is 0 Å². The lowest BCUT2D eigenvalue weighted by molar-refractivity contribution is -0.140. The monoisotopic (exact) mass is 279 g/mol. The molecule has 7 heteroatoms. The highest BCUT2D eigenvalue weighted by Gasteiger charge is 2.18. The molecule has 0 spiro atoms. The van der Waals surface area contributed by atoms with Crippen LogP contribution in [0.15, 0.2) is 0 Å². The Morgan fingerprint density at radius 2 is 1.94 bits per heavy atom. The molecule has 0 aliphatic heterocycles. The summed E-state index contributed by atoms with van der Waals surface area (Å²) in [7, 11) is 2.80. The van der Waals surface area contributed by atoms with Crippen LogP contribution in [0.25, 0.3) is 0 Å². The normalized spacial score (nSPS) is 11.9. The second kappa shape index (κ2) is 9.35. The van der Waals surface area contributed by atoms with Crippen LogP contribution in [0.3, 0.4) is 0 Å². The molecule has 0 aromatic carbocycles. The highest BCUT2D eigenvalue weighted by atomic mass is 33.1. The number of ketones is 1. The van der Waals surface area contributed by atoms with Crippen LogP contribution in [-0.4, -0.2) is 40.3 Å². The van der Waals surface area contributed by atoms with E-state index in [-0.39, 0.29) is 11.7 Å². The average Bonchev–Trinajstić information content (AvgIpc) is 2.25. The van der Waals surface area contributed by atoms with Crippen molar-refractivity contribution in [2.45, 2.75) is 32.7 Å². The first kappa shape index (κ1) is 16.3. The van der Waals surface area contributed by atoms with E-state index >= 15 is 0 Å². The first-order valence-corrected chi connectivity index (χ1v) is 7.72. The molecule has 0 bridgehead atoms. The molecule has 0 saturated heterocycles. The van der Waals surface area contributed by atoms with Crippen LogP contribution in [0.4, 0.5) is 0 Å². The summed E-state index contributed by atoms with van der Waals surface area (Å²) in [4.78, 5) is 32.5. The summed E-state index contributed by atoms with van der Waals surface area (Å²) in [6.45, 7) is 3.10. The van der Waals surface area contributed by atoms with Gasteiger partial charge in [0.15, 0.2) is 0 Å². The van der Waals surface area contributed by atoms with E-state index in [0.717, 1.165) is 0 Å². The second-order valence-electron chi connectivity index (χ2n) is 3.34. The van der Waals surface area contributed by atoms with Crippen molar-refractivity contribution in [3.63, 3.8) is 0 Å². The molecule has 17 heavy (non-hydrogen) atoms. The Morgan fingerprint density at radius 1 is 1.29 bits per heavy atom. The van der Waals surface area contributed by atoms with E-state index in [2.05, 4.69) is 5.32 Å². The maximum Gasteiger partial charge on any atom is 0.327 e. The van der Waals surface area contributed by atoms with Crippen LogP contribution in [0.5, 0.6) is 0 Å². The quantitative estimate of drug-likeness (QED) is 0.489. The van der Waals surface area contributed by atoms with E-state index < -0.39 is 12.0 Å². The van der Waals surface area contributed by atoms with Gasteiger partial charge in [0.25, 0.3) is 0 Å². The summed E-state index contributed by atoms with van der Waals surface area (Å²) in [5, 5.41) is 11.2. The molecule has 0 radical (unpaired) electrons. The van der Waals surface area contributed by atoms with E-state index in [1.54, 1.807) is 0 Å². The fourth-order valence-electron chi connectivity index (χ4n) is 0.927. The second-order valence-corrected chi connectivity index (χ2v) is 5.97. The lowest BCUT2D eigenvalue weighted by atomic mass is 10.2. The molecule has 0 aromatic heterocycles. The van der Waals surface area contributed by atoms with Crippen LogP contribution in [-0.2, 0) is 14.4 Å². The van der Waals surface area contributed by atoms with Gasteiger partial charge in [-0.15, -0.1) is 0 Å². The minimum atomic E-state index is -1.04. The lowest BCUT2D eigenvalue weighted by Gasteiger charge is -2.11. The fraction of sp³-hybridized carbons (Fsp3) is 0.700. The summed E-state index contributed by atoms with van der Waals surface area (Å²) < 4.78 is 0. The molecule has 98 valence electrons. The zero-order valence-corrected chi connectivity index (χ0v) is 11.5. The number of carbonyl (C=O) groups excluding carboxylic acids is 2. The third kappa shape index (κ3) is 9.05. The molecule has 0 aliphatic carbocycles. The largest absolute Gasteiger partial charge is 0.480 e. The molecule has 2 N–H and O–H groups in total. The Bertz CT molecular complexity index is 283. The average molecular weight is 279 g/mol. The molecule has 1 atom stereocenters. The highest BCUT2D eigenvalue weighted by molar-refractivity contribution is 8.76. The fourth-order valence-corrected chi connectivity index (χ4v) is 3.11. The molecule has 0 saturated carbocycles. The Labute approximate surface area is 108 Å². The molecule has 0 aromatic rings. The number of carboxylic acid groups (broad SMARTS) is 1. The zero-order valence-electron chi connectivity index (χ0n) is 9.89. The standard InChI is InChI=1S/C10H17NO4S2/c1-3-8(13)4-5-16-17-6-9(10(14)15)11-7(2)12/h9H,3-6H2,1-2H3,(H,11,12)(H,14,15). The van der Waals surface area contributed by atoms with Gasteiger partial charge in [0.05, 0.1) is 0 Å². The zero-order chi connectivity index (χ0) is 13.3. The molecule has 1 amide bonds. The van der Waals surface area contributed by atoms with Gasteiger partial charge in [0, 0.05) is 31.3 Å². The number of aliphatic carboxylic acids is 1. The third-order valence-electron chi connectivity index (χ3n) is 1.85. The predicted molar refractivity (Wildman–Crippen MR) is 70.1 cm³/mol. The molecular weight excluding hydrogens is 262 g/mol. The molecular formula is C10H17NO4S2. The van der Waals surface area contributed by atoms with Crippen LogP contribution in [0, 0.1) is 0 Å². The van der Waals surface area contributed by atoms with Gasteiger partial charge in [-0.3, -0.25) is 9.59 Å². The van der Waals surface area contributed by atoms with E-state index in [4.69, 9.17) is 5.11 Å². The first-order valence-electron chi connectivity index (χ1n) is 5.23. The van der Waals surface area contributed by atoms with Gasteiger partial charge in [-0.05, 0) is 0 Å². The molecule has 0 heterocycles. The van der Waals surface area contributed by atoms with Crippen molar-refractivity contribution in [1.29, 1.82) is 0 Å². The van der Waals surface area contributed by atoms with Crippen LogP contribution in [0.1, 0.15) is 26.7 Å². The minimum Gasteiger partial charge on any atom is -0.480 e. The number of rotatable bonds is 9. The molecule has 1 unspecified atom stereocenters. The molecule has 0 aliphatic rings. The number of carbonyl (C=O) groups is 3. The van der Waals surface area contributed by atoms with Gasteiger partial charge in [-0.1, -0.05) is 28.5 Å².